The standard InChI is InChI=1S/C15H15N3O3/c1-10-2-4-11(5-3-10)12(19)6-7-14(20)17-13-8-9-16-15(21)18-13/h2-5,8-9H,6-7H2,1H3,(H2,16,17,18,20,21). The molecule has 0 saturated carbocycles. The van der Waals surface area contributed by atoms with E-state index in [0.717, 1.165) is 5.56 Å². The van der Waals surface area contributed by atoms with E-state index >= 15 is 0 Å². The summed E-state index contributed by atoms with van der Waals surface area (Å²) in [5, 5.41) is 2.51. The van der Waals surface area contributed by atoms with Crippen molar-refractivity contribution in [2.24, 2.45) is 0 Å². The third kappa shape index (κ3) is 4.38. The smallest absolute Gasteiger partial charge is 0.312 e. The van der Waals surface area contributed by atoms with E-state index in [4.69, 9.17) is 0 Å². The zero-order valence-corrected chi connectivity index (χ0v) is 11.6. The van der Waals surface area contributed by atoms with Gasteiger partial charge in [-0.15, -0.1) is 0 Å². The van der Waals surface area contributed by atoms with Crippen molar-refractivity contribution in [1.29, 1.82) is 0 Å². The molecule has 1 heterocycles. The van der Waals surface area contributed by atoms with E-state index in [9.17, 15) is 14.4 Å². The number of nitrogens with one attached hydrogen (secondary N) is 2. The number of hydrogen-bond acceptors (Lipinski definition) is 4. The Balaban J connectivity index is 1.87. The molecule has 0 aliphatic heterocycles. The van der Waals surface area contributed by atoms with Gasteiger partial charge in [0.25, 0.3) is 0 Å². The number of H-pyrrole nitrogens is 1. The minimum atomic E-state index is -0.538. The maximum absolute atomic E-state index is 11.9. The van der Waals surface area contributed by atoms with Crippen LogP contribution in [0.3, 0.4) is 0 Å². The van der Waals surface area contributed by atoms with Crippen LogP contribution in [0.15, 0.2) is 41.3 Å². The third-order valence-corrected chi connectivity index (χ3v) is 2.90. The molecule has 108 valence electrons. The highest BCUT2D eigenvalue weighted by atomic mass is 16.2. The molecule has 6 heteroatoms. The van der Waals surface area contributed by atoms with E-state index in [1.54, 1.807) is 12.1 Å². The second kappa shape index (κ2) is 6.60. The Bertz CT molecular complexity index is 705. The summed E-state index contributed by atoms with van der Waals surface area (Å²) in [6.07, 6.45) is 1.47. The topological polar surface area (TPSA) is 91.9 Å². The summed E-state index contributed by atoms with van der Waals surface area (Å²) in [7, 11) is 0. The number of Topliss-reactive ketones (excluding diaryl/α,β-unsaturated/α-hetero) is 1. The minimum Gasteiger partial charge on any atom is -0.312 e. The first kappa shape index (κ1) is 14.6. The molecule has 0 aliphatic rings. The third-order valence-electron chi connectivity index (χ3n) is 2.90. The molecule has 21 heavy (non-hydrogen) atoms. The van der Waals surface area contributed by atoms with Crippen LogP contribution in [0.1, 0.15) is 28.8 Å². The second-order valence-electron chi connectivity index (χ2n) is 4.63. The predicted molar refractivity (Wildman–Crippen MR) is 78.2 cm³/mol. The first-order chi connectivity index (χ1) is 10.0. The van der Waals surface area contributed by atoms with Crippen molar-refractivity contribution in [3.8, 4) is 0 Å². The Hall–Kier alpha value is -2.76. The molecule has 0 bridgehead atoms. The summed E-state index contributed by atoms with van der Waals surface area (Å²) in [6, 6.07) is 8.68. The van der Waals surface area contributed by atoms with E-state index in [1.807, 2.05) is 19.1 Å². The van der Waals surface area contributed by atoms with Crippen molar-refractivity contribution in [1.82, 2.24) is 9.97 Å². The van der Waals surface area contributed by atoms with Gasteiger partial charge in [-0.1, -0.05) is 29.8 Å². The largest absolute Gasteiger partial charge is 0.346 e. The number of ketones is 1. The molecule has 0 radical (unpaired) electrons. The monoisotopic (exact) mass is 285 g/mol. The summed E-state index contributed by atoms with van der Waals surface area (Å²) in [6.45, 7) is 1.94. The van der Waals surface area contributed by atoms with Gasteiger partial charge in [-0.25, -0.2) is 9.78 Å². The number of carbonyl (C=O) groups excluding carboxylic acids is 2. The molecule has 0 fully saturated rings. The van der Waals surface area contributed by atoms with Crippen LogP contribution in [0.4, 0.5) is 5.82 Å². The Morgan fingerprint density at radius 2 is 1.86 bits per heavy atom. The van der Waals surface area contributed by atoms with Crippen molar-refractivity contribution >= 4 is 17.5 Å². The molecular formula is C15H15N3O3. The van der Waals surface area contributed by atoms with Crippen LogP contribution >= 0.6 is 0 Å². The van der Waals surface area contributed by atoms with Crippen molar-refractivity contribution in [2.45, 2.75) is 19.8 Å². The molecule has 1 amide bonds. The molecule has 0 aliphatic carbocycles. The number of anilines is 1. The van der Waals surface area contributed by atoms with Gasteiger partial charge in [-0.3, -0.25) is 14.6 Å². The fourth-order valence-corrected chi connectivity index (χ4v) is 1.77. The van der Waals surface area contributed by atoms with E-state index < -0.39 is 5.69 Å². The minimum absolute atomic E-state index is 0.0526. The number of amides is 1. The fraction of sp³-hybridized carbons (Fsp3) is 0.200. The van der Waals surface area contributed by atoms with Gasteiger partial charge in [0, 0.05) is 24.6 Å². The van der Waals surface area contributed by atoms with Crippen LogP contribution in [0.2, 0.25) is 0 Å². The Kier molecular flexibility index (Phi) is 4.61. The molecular weight excluding hydrogens is 270 g/mol. The number of hydrogen-bond donors (Lipinski definition) is 2. The summed E-state index contributed by atoms with van der Waals surface area (Å²) < 4.78 is 0. The number of carbonyl (C=O) groups is 2. The summed E-state index contributed by atoms with van der Waals surface area (Å²) >= 11 is 0. The Morgan fingerprint density at radius 3 is 2.52 bits per heavy atom. The lowest BCUT2D eigenvalue weighted by atomic mass is 10.1. The predicted octanol–water partition coefficient (Wildman–Crippen LogP) is 1.68. The number of nitrogens with zero attached hydrogens (tertiary/aromatic N) is 1. The van der Waals surface area contributed by atoms with Gasteiger partial charge in [-0.2, -0.15) is 0 Å². The molecule has 0 atom stereocenters. The van der Waals surface area contributed by atoms with Crippen LogP contribution in [-0.2, 0) is 4.79 Å². The zero-order valence-electron chi connectivity index (χ0n) is 11.6. The Labute approximate surface area is 121 Å². The quantitative estimate of drug-likeness (QED) is 0.817. The fourth-order valence-electron chi connectivity index (χ4n) is 1.77. The van der Waals surface area contributed by atoms with Crippen LogP contribution in [-0.4, -0.2) is 21.7 Å². The average Bonchev–Trinajstić information content (AvgIpc) is 2.45. The van der Waals surface area contributed by atoms with Gasteiger partial charge < -0.3 is 5.32 Å². The van der Waals surface area contributed by atoms with Gasteiger partial charge in [0.05, 0.1) is 0 Å². The highest BCUT2D eigenvalue weighted by Gasteiger charge is 2.09. The molecule has 2 aromatic rings. The summed E-state index contributed by atoms with van der Waals surface area (Å²) in [5.41, 5.74) is 1.13. The number of aromatic nitrogens is 2. The highest BCUT2D eigenvalue weighted by Crippen LogP contribution is 2.08. The SMILES string of the molecule is Cc1ccc(C(=O)CCC(=O)Nc2ccnc(=O)[nH]2)cc1. The highest BCUT2D eigenvalue weighted by molar-refractivity contribution is 5.99. The lowest BCUT2D eigenvalue weighted by Crippen LogP contribution is -2.18. The van der Waals surface area contributed by atoms with Crippen LogP contribution in [0.5, 0.6) is 0 Å². The Morgan fingerprint density at radius 1 is 1.14 bits per heavy atom. The van der Waals surface area contributed by atoms with E-state index in [1.165, 1.54) is 12.3 Å². The van der Waals surface area contributed by atoms with Crippen molar-refractivity contribution < 1.29 is 9.59 Å². The number of benzene rings is 1. The van der Waals surface area contributed by atoms with Crippen molar-refractivity contribution in [2.75, 3.05) is 5.32 Å². The van der Waals surface area contributed by atoms with Crippen molar-refractivity contribution in [3.63, 3.8) is 0 Å². The first-order valence-electron chi connectivity index (χ1n) is 6.49. The van der Waals surface area contributed by atoms with Gasteiger partial charge >= 0.3 is 5.69 Å². The van der Waals surface area contributed by atoms with Crippen LogP contribution in [0, 0.1) is 6.92 Å². The maximum Gasteiger partial charge on any atom is 0.346 e. The summed E-state index contributed by atoms with van der Waals surface area (Å²) in [4.78, 5) is 40.4. The molecule has 2 N–H and O–H groups in total. The van der Waals surface area contributed by atoms with Gasteiger partial charge in [0.1, 0.15) is 5.82 Å². The lowest BCUT2D eigenvalue weighted by Gasteiger charge is -2.04. The van der Waals surface area contributed by atoms with E-state index in [0.29, 0.717) is 5.56 Å². The molecule has 0 spiro atoms. The normalized spacial score (nSPS) is 10.1. The maximum atomic E-state index is 11.9. The lowest BCUT2D eigenvalue weighted by molar-refractivity contribution is -0.116. The second-order valence-corrected chi connectivity index (χ2v) is 4.63. The molecule has 1 aromatic heterocycles. The van der Waals surface area contributed by atoms with Crippen molar-refractivity contribution in [3.05, 3.63) is 58.1 Å². The number of rotatable bonds is 5. The van der Waals surface area contributed by atoms with E-state index in [2.05, 4.69) is 15.3 Å². The number of aromatic amines is 1. The number of aryl methyl sites for hydroxylation is 1. The summed E-state index contributed by atoms with van der Waals surface area (Å²) in [5.74, 6) is -0.159. The zero-order chi connectivity index (χ0) is 15.2. The van der Waals surface area contributed by atoms with Gasteiger partial charge in [-0.05, 0) is 13.0 Å². The van der Waals surface area contributed by atoms with Gasteiger partial charge in [0.15, 0.2) is 5.78 Å². The molecule has 0 saturated heterocycles. The van der Waals surface area contributed by atoms with Crippen LogP contribution < -0.4 is 11.0 Å². The molecule has 6 nitrogen and oxygen atoms in total. The van der Waals surface area contributed by atoms with E-state index in [-0.39, 0.29) is 30.3 Å². The molecule has 2 rings (SSSR count). The first-order valence-corrected chi connectivity index (χ1v) is 6.49. The van der Waals surface area contributed by atoms with Crippen LogP contribution in [0.25, 0.3) is 0 Å². The van der Waals surface area contributed by atoms with Gasteiger partial charge in [0.2, 0.25) is 5.91 Å². The molecule has 0 unspecified atom stereocenters. The average molecular weight is 285 g/mol. The molecule has 1 aromatic carbocycles.